The Kier molecular flexibility index (Phi) is 9.32. The molecule has 0 bridgehead atoms. The minimum atomic E-state index is -0.646. The van der Waals surface area contributed by atoms with E-state index in [0.29, 0.717) is 43.7 Å². The van der Waals surface area contributed by atoms with E-state index in [4.69, 9.17) is 4.74 Å². The molecule has 1 fully saturated rings. The molecular weight excluding hydrogens is 569 g/mol. The fourth-order valence-electron chi connectivity index (χ4n) is 5.22. The summed E-state index contributed by atoms with van der Waals surface area (Å²) in [7, 11) is 3.91. The van der Waals surface area contributed by atoms with Crippen molar-refractivity contribution in [2.45, 2.75) is 51.2 Å². The highest BCUT2D eigenvalue weighted by molar-refractivity contribution is 7.09. The van der Waals surface area contributed by atoms with Gasteiger partial charge in [-0.25, -0.2) is 14.4 Å². The van der Waals surface area contributed by atoms with Gasteiger partial charge in [0, 0.05) is 24.0 Å². The van der Waals surface area contributed by atoms with Crippen LogP contribution in [0.25, 0.3) is 11.1 Å². The number of aryl methyl sites for hydroxylation is 1. The third-order valence-electron chi connectivity index (χ3n) is 7.25. The van der Waals surface area contributed by atoms with E-state index in [-0.39, 0.29) is 35.2 Å². The van der Waals surface area contributed by atoms with Crippen molar-refractivity contribution in [1.82, 2.24) is 25.5 Å². The average Bonchev–Trinajstić information content (AvgIpc) is 3.41. The molecule has 5 rings (SSSR count). The topological polar surface area (TPSA) is 117 Å². The number of halogens is 1. The van der Waals surface area contributed by atoms with Crippen LogP contribution in [0.3, 0.4) is 0 Å². The summed E-state index contributed by atoms with van der Waals surface area (Å²) in [6.45, 7) is 2.48. The molecule has 2 aromatic heterocycles. The molecule has 0 atom stereocenters. The van der Waals surface area contributed by atoms with E-state index < -0.39 is 11.7 Å². The largest absolute Gasteiger partial charge is 0.508 e. The van der Waals surface area contributed by atoms with E-state index in [0.717, 1.165) is 34.0 Å². The number of carbonyl (C=O) groups excluding carboxylic acids is 2. The first-order valence-electron chi connectivity index (χ1n) is 14.1. The van der Waals surface area contributed by atoms with Gasteiger partial charge in [0.2, 0.25) is 5.88 Å². The summed E-state index contributed by atoms with van der Waals surface area (Å²) >= 11 is 1.43. The average molecular weight is 604 g/mol. The van der Waals surface area contributed by atoms with E-state index in [1.54, 1.807) is 23.6 Å². The number of aromatic nitrogens is 2. The maximum absolute atomic E-state index is 14.2. The SMILES string of the molecule is Cc1nc(C(=O)N[C@H]2CC[C@H](NC(=O)c3cc(F)cnc3Oc3cccc(-c4ccc(O)cc4CN(C)C)c3)CC2)cs1. The summed E-state index contributed by atoms with van der Waals surface area (Å²) < 4.78 is 20.3. The zero-order chi connectivity index (χ0) is 30.5. The number of phenols is 1. The predicted molar refractivity (Wildman–Crippen MR) is 163 cm³/mol. The Balaban J connectivity index is 1.25. The lowest BCUT2D eigenvalue weighted by molar-refractivity contribution is 0.0888. The first-order valence-corrected chi connectivity index (χ1v) is 15.0. The normalized spacial score (nSPS) is 16.6. The first kappa shape index (κ1) is 30.1. The fourth-order valence-corrected chi connectivity index (χ4v) is 5.81. The molecule has 0 radical (unpaired) electrons. The van der Waals surface area contributed by atoms with E-state index in [9.17, 15) is 19.1 Å². The predicted octanol–water partition coefficient (Wildman–Crippen LogP) is 5.68. The quantitative estimate of drug-likeness (QED) is 0.225. The minimum absolute atomic E-state index is 0.00217. The Hall–Kier alpha value is -4.35. The molecule has 0 aliphatic heterocycles. The van der Waals surface area contributed by atoms with Crippen LogP contribution in [0.4, 0.5) is 4.39 Å². The van der Waals surface area contributed by atoms with Crippen LogP contribution < -0.4 is 15.4 Å². The highest BCUT2D eigenvalue weighted by Crippen LogP contribution is 2.32. The van der Waals surface area contributed by atoms with Gasteiger partial charge < -0.3 is 25.4 Å². The molecule has 43 heavy (non-hydrogen) atoms. The van der Waals surface area contributed by atoms with Crippen LogP contribution in [0, 0.1) is 12.7 Å². The van der Waals surface area contributed by atoms with E-state index in [2.05, 4.69) is 20.6 Å². The summed E-state index contributed by atoms with van der Waals surface area (Å²) in [5.74, 6) is -0.699. The monoisotopic (exact) mass is 603 g/mol. The number of carbonyl (C=O) groups is 2. The van der Waals surface area contributed by atoms with Gasteiger partial charge in [-0.05, 0) is 93.7 Å². The van der Waals surface area contributed by atoms with Crippen LogP contribution in [0.1, 0.15) is 57.1 Å². The van der Waals surface area contributed by atoms with Crippen LogP contribution in [0.15, 0.2) is 60.1 Å². The number of nitrogens with one attached hydrogen (secondary N) is 2. The van der Waals surface area contributed by atoms with Crippen LogP contribution in [-0.2, 0) is 6.54 Å². The summed E-state index contributed by atoms with van der Waals surface area (Å²) in [6.07, 6.45) is 3.74. The number of amides is 2. The maximum atomic E-state index is 14.2. The second kappa shape index (κ2) is 13.3. The van der Waals surface area contributed by atoms with Gasteiger partial charge in [0.1, 0.15) is 28.6 Å². The standard InChI is InChI=1S/C32H34FN5O4S/c1-19-35-29(18-43-19)31(41)37-24-9-7-23(8-10-24)36-30(40)28-15-22(33)16-34-32(28)42-26-6-4-5-20(14-26)27-12-11-25(39)13-21(27)17-38(2)3/h4-6,11-16,18,23-24,39H,7-10,17H2,1-3H3,(H,36,40)(H,37,41)/t23-,24-. The molecule has 2 heterocycles. The van der Waals surface area contributed by atoms with Gasteiger partial charge in [-0.3, -0.25) is 9.59 Å². The number of pyridine rings is 1. The number of aromatic hydroxyl groups is 1. The Morgan fingerprint density at radius 2 is 1.77 bits per heavy atom. The molecule has 224 valence electrons. The number of benzene rings is 2. The molecule has 2 amide bonds. The van der Waals surface area contributed by atoms with Crippen molar-refractivity contribution in [3.63, 3.8) is 0 Å². The van der Waals surface area contributed by atoms with Gasteiger partial charge >= 0.3 is 0 Å². The number of nitrogens with zero attached hydrogens (tertiary/aromatic N) is 3. The molecule has 1 aliphatic carbocycles. The van der Waals surface area contributed by atoms with Crippen molar-refractivity contribution < 1.29 is 23.8 Å². The zero-order valence-electron chi connectivity index (χ0n) is 24.3. The molecule has 0 saturated heterocycles. The number of thiazole rings is 1. The van der Waals surface area contributed by atoms with Gasteiger partial charge in [0.05, 0.1) is 11.2 Å². The Morgan fingerprint density at radius 3 is 2.44 bits per heavy atom. The summed E-state index contributed by atoms with van der Waals surface area (Å²) in [6, 6.07) is 13.5. The number of phenolic OH excluding ortho intramolecular Hbond substituents is 1. The zero-order valence-corrected chi connectivity index (χ0v) is 25.1. The fraction of sp³-hybridized carbons (Fsp3) is 0.312. The molecule has 3 N–H and O–H groups in total. The Labute approximate surface area is 253 Å². The summed E-state index contributed by atoms with van der Waals surface area (Å²) in [5.41, 5.74) is 3.14. The molecule has 11 heteroatoms. The van der Waals surface area contributed by atoms with Gasteiger partial charge in [-0.15, -0.1) is 11.3 Å². The van der Waals surface area contributed by atoms with Gasteiger partial charge in [0.25, 0.3) is 11.8 Å². The van der Waals surface area contributed by atoms with Crippen LogP contribution >= 0.6 is 11.3 Å². The van der Waals surface area contributed by atoms with Gasteiger partial charge in [0.15, 0.2) is 0 Å². The van der Waals surface area contributed by atoms with Crippen LogP contribution in [-0.4, -0.2) is 58.0 Å². The molecule has 9 nitrogen and oxygen atoms in total. The summed E-state index contributed by atoms with van der Waals surface area (Å²) in [5, 5.41) is 18.6. The van der Waals surface area contributed by atoms with Gasteiger partial charge in [-0.2, -0.15) is 0 Å². The van der Waals surface area contributed by atoms with Crippen molar-refractivity contribution >= 4 is 23.2 Å². The van der Waals surface area contributed by atoms with Crippen molar-refractivity contribution in [1.29, 1.82) is 0 Å². The van der Waals surface area contributed by atoms with Crippen molar-refractivity contribution in [2.75, 3.05) is 14.1 Å². The van der Waals surface area contributed by atoms with E-state index in [1.165, 1.54) is 11.3 Å². The molecule has 0 spiro atoms. The highest BCUT2D eigenvalue weighted by atomic mass is 32.1. The number of ether oxygens (including phenoxy) is 1. The van der Waals surface area contributed by atoms with Crippen LogP contribution in [0.2, 0.25) is 0 Å². The van der Waals surface area contributed by atoms with Crippen molar-refractivity contribution in [2.24, 2.45) is 0 Å². The van der Waals surface area contributed by atoms with Gasteiger partial charge in [-0.1, -0.05) is 18.2 Å². The smallest absolute Gasteiger partial charge is 0.270 e. The van der Waals surface area contributed by atoms with E-state index >= 15 is 0 Å². The van der Waals surface area contributed by atoms with Crippen molar-refractivity contribution in [3.8, 4) is 28.5 Å². The Bertz CT molecular complexity index is 1620. The molecule has 1 aliphatic rings. The molecule has 4 aromatic rings. The number of hydrogen-bond donors (Lipinski definition) is 3. The Morgan fingerprint density at radius 1 is 1.05 bits per heavy atom. The molecular formula is C32H34FN5O4S. The molecule has 0 unspecified atom stereocenters. The first-order chi connectivity index (χ1) is 20.6. The maximum Gasteiger partial charge on any atom is 0.270 e. The lowest BCUT2D eigenvalue weighted by Crippen LogP contribution is -2.44. The van der Waals surface area contributed by atoms with Crippen molar-refractivity contribution in [3.05, 3.63) is 87.8 Å². The second-order valence-corrected chi connectivity index (χ2v) is 12.0. The van der Waals surface area contributed by atoms with Crippen LogP contribution in [0.5, 0.6) is 17.4 Å². The number of hydrogen-bond acceptors (Lipinski definition) is 8. The number of rotatable bonds is 9. The lowest BCUT2D eigenvalue weighted by Gasteiger charge is -2.29. The third-order valence-corrected chi connectivity index (χ3v) is 8.02. The third kappa shape index (κ3) is 7.74. The lowest BCUT2D eigenvalue weighted by atomic mass is 9.91. The molecule has 2 aromatic carbocycles. The minimum Gasteiger partial charge on any atom is -0.508 e. The van der Waals surface area contributed by atoms with E-state index in [1.807, 2.05) is 50.2 Å². The molecule has 1 saturated carbocycles. The highest BCUT2D eigenvalue weighted by Gasteiger charge is 2.26. The second-order valence-electron chi connectivity index (χ2n) is 11.0. The summed E-state index contributed by atoms with van der Waals surface area (Å²) in [4.78, 5) is 36.1.